The molecule has 10 heteroatoms. The van der Waals surface area contributed by atoms with Crippen molar-refractivity contribution in [3.8, 4) is 5.75 Å². The van der Waals surface area contributed by atoms with Gasteiger partial charge in [-0.1, -0.05) is 12.1 Å². The molecular weight excluding hydrogens is 354 g/mol. The summed E-state index contributed by atoms with van der Waals surface area (Å²) in [7, 11) is 3.05. The van der Waals surface area contributed by atoms with Crippen LogP contribution >= 0.6 is 0 Å². The highest BCUT2D eigenvalue weighted by molar-refractivity contribution is 5.97. The number of nitrogens with zero attached hydrogens (tertiary/aromatic N) is 1. The first-order chi connectivity index (χ1) is 13.0. The number of hydrazine groups is 1. The molecule has 4 N–H and O–H groups in total. The molecule has 2 aromatic rings. The highest BCUT2D eigenvalue weighted by Crippen LogP contribution is 2.25. The molecule has 0 radical (unpaired) electrons. The van der Waals surface area contributed by atoms with Gasteiger partial charge in [-0.2, -0.15) is 0 Å². The van der Waals surface area contributed by atoms with E-state index in [1.807, 2.05) is 0 Å². The second-order valence-electron chi connectivity index (χ2n) is 5.30. The Balaban J connectivity index is 1.92. The van der Waals surface area contributed by atoms with Gasteiger partial charge in [-0.15, -0.1) is 0 Å². The molecule has 10 nitrogen and oxygen atoms in total. The first-order valence-electron chi connectivity index (χ1n) is 7.88. The number of rotatable bonds is 7. The number of carbonyl (C=O) groups is 2. The second-order valence-corrected chi connectivity index (χ2v) is 5.30. The van der Waals surface area contributed by atoms with E-state index >= 15 is 0 Å². The molecule has 2 rings (SSSR count). The zero-order valence-corrected chi connectivity index (χ0v) is 14.7. The van der Waals surface area contributed by atoms with Crippen LogP contribution in [-0.2, 0) is 4.79 Å². The number of carbonyl (C=O) groups excluding carboxylic acids is 2. The summed E-state index contributed by atoms with van der Waals surface area (Å²) in [6.45, 7) is -0.112. The molecule has 2 aromatic carbocycles. The molecule has 0 heterocycles. The zero-order chi connectivity index (χ0) is 19.8. The van der Waals surface area contributed by atoms with Gasteiger partial charge in [0.15, 0.2) is 0 Å². The molecule has 0 fully saturated rings. The Kier molecular flexibility index (Phi) is 6.53. The number of ether oxygens (including phenoxy) is 1. The zero-order valence-electron chi connectivity index (χ0n) is 14.7. The fourth-order valence-corrected chi connectivity index (χ4v) is 2.24. The number of hydrogen-bond acceptors (Lipinski definition) is 7. The number of benzene rings is 2. The number of anilines is 2. The molecule has 0 aliphatic carbocycles. The Morgan fingerprint density at radius 1 is 1.11 bits per heavy atom. The number of para-hydroxylation sites is 2. The summed E-state index contributed by atoms with van der Waals surface area (Å²) in [5.41, 5.74) is 5.16. The highest BCUT2D eigenvalue weighted by atomic mass is 16.6. The molecule has 0 aliphatic heterocycles. The molecule has 0 aliphatic rings. The van der Waals surface area contributed by atoms with Crippen molar-refractivity contribution in [1.29, 1.82) is 0 Å². The number of amides is 2. The molecule has 0 aromatic heterocycles. The summed E-state index contributed by atoms with van der Waals surface area (Å²) in [5, 5.41) is 16.6. The number of nitro groups is 1. The number of nitrogens with one attached hydrogen (secondary N) is 4. The fraction of sp³-hybridized carbons (Fsp3) is 0.176. The normalized spacial score (nSPS) is 9.85. The fourth-order valence-electron chi connectivity index (χ4n) is 2.24. The van der Waals surface area contributed by atoms with Crippen LogP contribution in [0.3, 0.4) is 0 Å². The van der Waals surface area contributed by atoms with Gasteiger partial charge in [-0.3, -0.25) is 30.6 Å². The van der Waals surface area contributed by atoms with Gasteiger partial charge in [-0.25, -0.2) is 0 Å². The third-order valence-electron chi connectivity index (χ3n) is 3.59. The van der Waals surface area contributed by atoms with Gasteiger partial charge in [0, 0.05) is 18.7 Å². The molecule has 2 amide bonds. The van der Waals surface area contributed by atoms with Crippen LogP contribution in [0.15, 0.2) is 42.5 Å². The molecule has 0 saturated heterocycles. The number of hydrogen-bond donors (Lipinski definition) is 4. The first kappa shape index (κ1) is 19.5. The van der Waals surface area contributed by atoms with Crippen LogP contribution in [0.1, 0.15) is 10.4 Å². The minimum atomic E-state index is -0.675. The maximum absolute atomic E-state index is 12.1. The van der Waals surface area contributed by atoms with Crippen LogP contribution in [0.2, 0.25) is 0 Å². The van der Waals surface area contributed by atoms with Gasteiger partial charge in [-0.05, 0) is 24.3 Å². The van der Waals surface area contributed by atoms with E-state index < -0.39 is 16.7 Å². The standard InChI is InChI=1S/C17H19N5O5/c1-18-12-8-7-11(9-14(12)22(25)26)17(24)21-20-16(23)10-19-13-5-3-4-6-15(13)27-2/h3-9,18-19H,10H2,1-2H3,(H,20,23)(H,21,24). The average Bonchev–Trinajstić information content (AvgIpc) is 2.69. The van der Waals surface area contributed by atoms with Crippen LogP contribution in [0.4, 0.5) is 17.1 Å². The summed E-state index contributed by atoms with van der Waals surface area (Å²) in [6.07, 6.45) is 0. The van der Waals surface area contributed by atoms with Crippen LogP contribution in [0, 0.1) is 10.1 Å². The topological polar surface area (TPSA) is 135 Å². The first-order valence-corrected chi connectivity index (χ1v) is 7.88. The quantitative estimate of drug-likeness (QED) is 0.427. The SMILES string of the molecule is CNc1ccc(C(=O)NNC(=O)CNc2ccccc2OC)cc1[N+](=O)[O-]. The molecule has 142 valence electrons. The third kappa shape index (κ3) is 5.08. The van der Waals surface area contributed by atoms with Crippen LogP contribution in [-0.4, -0.2) is 37.4 Å². The van der Waals surface area contributed by atoms with Crippen molar-refractivity contribution in [3.05, 3.63) is 58.1 Å². The minimum absolute atomic E-state index is 0.0405. The van der Waals surface area contributed by atoms with Crippen molar-refractivity contribution in [3.63, 3.8) is 0 Å². The van der Waals surface area contributed by atoms with Crippen LogP contribution in [0.25, 0.3) is 0 Å². The van der Waals surface area contributed by atoms with E-state index in [4.69, 9.17) is 4.74 Å². The van der Waals surface area contributed by atoms with E-state index in [-0.39, 0.29) is 23.5 Å². The molecular formula is C17H19N5O5. The summed E-state index contributed by atoms with van der Waals surface area (Å²) in [4.78, 5) is 34.4. The van der Waals surface area contributed by atoms with Gasteiger partial charge >= 0.3 is 0 Å². The van der Waals surface area contributed by atoms with E-state index in [0.717, 1.165) is 6.07 Å². The number of nitro benzene ring substituents is 1. The van der Waals surface area contributed by atoms with Crippen molar-refractivity contribution in [1.82, 2.24) is 10.9 Å². The Labute approximate surface area is 155 Å². The van der Waals surface area contributed by atoms with Gasteiger partial charge in [0.2, 0.25) is 0 Å². The smallest absolute Gasteiger partial charge is 0.293 e. The van der Waals surface area contributed by atoms with E-state index in [1.165, 1.54) is 26.3 Å². The molecule has 0 spiro atoms. The van der Waals surface area contributed by atoms with Crippen LogP contribution in [0.5, 0.6) is 5.75 Å². The van der Waals surface area contributed by atoms with Gasteiger partial charge in [0.1, 0.15) is 11.4 Å². The lowest BCUT2D eigenvalue weighted by Gasteiger charge is -2.11. The Morgan fingerprint density at radius 2 is 1.85 bits per heavy atom. The van der Waals surface area contributed by atoms with Crippen molar-refractivity contribution >= 4 is 28.9 Å². The van der Waals surface area contributed by atoms with Crippen molar-refractivity contribution in [2.24, 2.45) is 0 Å². The Hall–Kier alpha value is -3.82. The van der Waals surface area contributed by atoms with E-state index in [2.05, 4.69) is 21.5 Å². The molecule has 0 unspecified atom stereocenters. The minimum Gasteiger partial charge on any atom is -0.495 e. The molecule has 27 heavy (non-hydrogen) atoms. The average molecular weight is 373 g/mol. The van der Waals surface area contributed by atoms with Gasteiger partial charge < -0.3 is 15.4 Å². The van der Waals surface area contributed by atoms with E-state index in [1.54, 1.807) is 24.3 Å². The molecule has 0 bridgehead atoms. The van der Waals surface area contributed by atoms with Crippen molar-refractivity contribution in [2.45, 2.75) is 0 Å². The second kappa shape index (κ2) is 9.04. The Bertz CT molecular complexity index is 855. The highest BCUT2D eigenvalue weighted by Gasteiger charge is 2.17. The largest absolute Gasteiger partial charge is 0.495 e. The predicted molar refractivity (Wildman–Crippen MR) is 99.7 cm³/mol. The predicted octanol–water partition coefficient (Wildman–Crippen LogP) is 1.52. The molecule has 0 saturated carbocycles. The maximum atomic E-state index is 12.1. The monoisotopic (exact) mass is 373 g/mol. The summed E-state index contributed by atoms with van der Waals surface area (Å²) >= 11 is 0. The van der Waals surface area contributed by atoms with Crippen LogP contribution < -0.4 is 26.2 Å². The summed E-state index contributed by atoms with van der Waals surface area (Å²) in [5.74, 6) is -0.603. The lowest BCUT2D eigenvalue weighted by atomic mass is 10.1. The van der Waals surface area contributed by atoms with Crippen molar-refractivity contribution < 1.29 is 19.2 Å². The molecule has 0 atom stereocenters. The lowest BCUT2D eigenvalue weighted by Crippen LogP contribution is -2.44. The summed E-state index contributed by atoms with van der Waals surface area (Å²) < 4.78 is 5.16. The van der Waals surface area contributed by atoms with Gasteiger partial charge in [0.25, 0.3) is 17.5 Å². The third-order valence-corrected chi connectivity index (χ3v) is 3.59. The van der Waals surface area contributed by atoms with Crippen molar-refractivity contribution in [2.75, 3.05) is 31.3 Å². The number of methoxy groups -OCH3 is 1. The summed E-state index contributed by atoms with van der Waals surface area (Å²) in [6, 6.07) is 11.0. The maximum Gasteiger partial charge on any atom is 0.293 e. The van der Waals surface area contributed by atoms with E-state index in [0.29, 0.717) is 11.4 Å². The van der Waals surface area contributed by atoms with E-state index in [9.17, 15) is 19.7 Å². The Morgan fingerprint density at radius 3 is 2.52 bits per heavy atom. The van der Waals surface area contributed by atoms with Gasteiger partial charge in [0.05, 0.1) is 24.3 Å². The lowest BCUT2D eigenvalue weighted by molar-refractivity contribution is -0.384.